The Bertz CT molecular complexity index is 461. The second-order valence-corrected chi connectivity index (χ2v) is 6.29. The second kappa shape index (κ2) is 8.77. The van der Waals surface area contributed by atoms with Gasteiger partial charge in [-0.25, -0.2) is 9.98 Å². The van der Waals surface area contributed by atoms with E-state index in [2.05, 4.69) is 27.5 Å². The van der Waals surface area contributed by atoms with Crippen LogP contribution < -0.4 is 15.4 Å². The maximum Gasteiger partial charge on any atom is 0.213 e. The van der Waals surface area contributed by atoms with Crippen LogP contribution in [0.1, 0.15) is 25.5 Å². The second-order valence-electron chi connectivity index (χ2n) is 4.88. The molecule has 2 N–H and O–H groups in total. The first kappa shape index (κ1) is 15.9. The fourth-order valence-corrected chi connectivity index (χ4v) is 3.38. The van der Waals surface area contributed by atoms with Gasteiger partial charge in [0.2, 0.25) is 5.88 Å². The van der Waals surface area contributed by atoms with Crippen LogP contribution in [0.5, 0.6) is 5.88 Å². The fourth-order valence-electron chi connectivity index (χ4n) is 2.18. The van der Waals surface area contributed by atoms with E-state index in [0.29, 0.717) is 17.7 Å². The lowest BCUT2D eigenvalue weighted by molar-refractivity contribution is 0.396. The molecule has 0 aliphatic carbocycles. The van der Waals surface area contributed by atoms with E-state index in [1.807, 2.05) is 30.0 Å². The molecule has 21 heavy (non-hydrogen) atoms. The molecule has 1 fully saturated rings. The van der Waals surface area contributed by atoms with Crippen molar-refractivity contribution in [1.82, 2.24) is 15.6 Å². The summed E-state index contributed by atoms with van der Waals surface area (Å²) < 4.78 is 5.13. The maximum atomic E-state index is 5.13. The molecule has 116 valence electrons. The van der Waals surface area contributed by atoms with Crippen LogP contribution in [0.15, 0.2) is 23.2 Å². The topological polar surface area (TPSA) is 58.5 Å². The van der Waals surface area contributed by atoms with E-state index >= 15 is 0 Å². The Labute approximate surface area is 131 Å². The lowest BCUT2D eigenvalue weighted by Gasteiger charge is -2.14. The number of ether oxygens (including phenoxy) is 1. The average molecular weight is 308 g/mol. The van der Waals surface area contributed by atoms with Crippen LogP contribution in [0.3, 0.4) is 0 Å². The number of thioether (sulfide) groups is 1. The Hall–Kier alpha value is -1.43. The molecule has 1 aromatic heterocycles. The highest BCUT2D eigenvalue weighted by molar-refractivity contribution is 8.00. The number of nitrogens with zero attached hydrogens (tertiary/aromatic N) is 2. The van der Waals surface area contributed by atoms with E-state index in [0.717, 1.165) is 24.7 Å². The molecule has 5 nitrogen and oxygen atoms in total. The highest BCUT2D eigenvalue weighted by Crippen LogP contribution is 2.25. The number of methoxy groups -OCH3 is 1. The van der Waals surface area contributed by atoms with Crippen molar-refractivity contribution >= 4 is 17.7 Å². The summed E-state index contributed by atoms with van der Waals surface area (Å²) in [5.74, 6) is 2.77. The van der Waals surface area contributed by atoms with Gasteiger partial charge in [-0.1, -0.05) is 6.07 Å². The first-order valence-electron chi connectivity index (χ1n) is 7.45. The van der Waals surface area contributed by atoms with Crippen molar-refractivity contribution in [3.8, 4) is 5.88 Å². The van der Waals surface area contributed by atoms with E-state index < -0.39 is 0 Å². The van der Waals surface area contributed by atoms with E-state index in [1.165, 1.54) is 18.6 Å². The number of pyridine rings is 1. The third-order valence-electron chi connectivity index (χ3n) is 3.25. The van der Waals surface area contributed by atoms with Gasteiger partial charge in [-0.2, -0.15) is 11.8 Å². The SMILES string of the molecule is CCNC(=NCc1cccc(OC)n1)NCC1CCCS1. The summed E-state index contributed by atoms with van der Waals surface area (Å²) >= 11 is 2.05. The Kier molecular flexibility index (Phi) is 6.66. The predicted molar refractivity (Wildman–Crippen MR) is 89.1 cm³/mol. The van der Waals surface area contributed by atoms with E-state index in [9.17, 15) is 0 Å². The van der Waals surface area contributed by atoms with Crippen molar-refractivity contribution in [2.45, 2.75) is 31.6 Å². The zero-order valence-corrected chi connectivity index (χ0v) is 13.6. The van der Waals surface area contributed by atoms with Crippen LogP contribution in [0.4, 0.5) is 0 Å². The molecule has 2 heterocycles. The van der Waals surface area contributed by atoms with Gasteiger partial charge in [0, 0.05) is 24.4 Å². The van der Waals surface area contributed by atoms with E-state index in [4.69, 9.17) is 4.74 Å². The van der Waals surface area contributed by atoms with Gasteiger partial charge in [-0.3, -0.25) is 0 Å². The molecule has 1 aliphatic rings. The predicted octanol–water partition coefficient (Wildman–Crippen LogP) is 2.04. The third kappa shape index (κ3) is 5.46. The molecular weight excluding hydrogens is 284 g/mol. The molecule has 1 saturated heterocycles. The lowest BCUT2D eigenvalue weighted by atomic mass is 10.2. The molecule has 0 aromatic carbocycles. The number of aliphatic imine (C=N–C) groups is 1. The van der Waals surface area contributed by atoms with Gasteiger partial charge in [-0.15, -0.1) is 0 Å². The Morgan fingerprint density at radius 1 is 1.48 bits per heavy atom. The summed E-state index contributed by atoms with van der Waals surface area (Å²) in [4.78, 5) is 8.96. The summed E-state index contributed by atoms with van der Waals surface area (Å²) in [5.41, 5.74) is 0.904. The van der Waals surface area contributed by atoms with Crippen LogP contribution in [0.25, 0.3) is 0 Å². The summed E-state index contributed by atoms with van der Waals surface area (Å²) in [5, 5.41) is 7.41. The minimum Gasteiger partial charge on any atom is -0.481 e. The zero-order chi connectivity index (χ0) is 14.9. The smallest absolute Gasteiger partial charge is 0.213 e. The van der Waals surface area contributed by atoms with Crippen LogP contribution in [0.2, 0.25) is 0 Å². The summed E-state index contributed by atoms with van der Waals surface area (Å²) in [6.45, 7) is 4.45. The fraction of sp³-hybridized carbons (Fsp3) is 0.600. The van der Waals surface area contributed by atoms with Gasteiger partial charge in [0.05, 0.1) is 19.3 Å². The highest BCUT2D eigenvalue weighted by atomic mass is 32.2. The Morgan fingerprint density at radius 2 is 2.38 bits per heavy atom. The van der Waals surface area contributed by atoms with Gasteiger partial charge < -0.3 is 15.4 Å². The van der Waals surface area contributed by atoms with Crippen molar-refractivity contribution in [2.24, 2.45) is 4.99 Å². The number of aromatic nitrogens is 1. The molecule has 1 aromatic rings. The van der Waals surface area contributed by atoms with Crippen molar-refractivity contribution in [2.75, 3.05) is 26.0 Å². The van der Waals surface area contributed by atoms with E-state index in [1.54, 1.807) is 7.11 Å². The molecule has 6 heteroatoms. The Balaban J connectivity index is 1.89. The zero-order valence-electron chi connectivity index (χ0n) is 12.8. The van der Waals surface area contributed by atoms with Crippen molar-refractivity contribution in [3.05, 3.63) is 23.9 Å². The molecule has 0 bridgehead atoms. The van der Waals surface area contributed by atoms with Gasteiger partial charge in [0.25, 0.3) is 0 Å². The molecule has 0 radical (unpaired) electrons. The quantitative estimate of drug-likeness (QED) is 0.622. The van der Waals surface area contributed by atoms with Crippen molar-refractivity contribution in [3.63, 3.8) is 0 Å². The summed E-state index contributed by atoms with van der Waals surface area (Å²) in [6.07, 6.45) is 2.63. The molecule has 2 rings (SSSR count). The van der Waals surface area contributed by atoms with Gasteiger partial charge in [-0.05, 0) is 31.6 Å². The number of guanidine groups is 1. The van der Waals surface area contributed by atoms with Crippen LogP contribution in [0, 0.1) is 0 Å². The molecule has 1 unspecified atom stereocenters. The van der Waals surface area contributed by atoms with Gasteiger partial charge in [0.1, 0.15) is 0 Å². The van der Waals surface area contributed by atoms with Crippen LogP contribution in [-0.2, 0) is 6.54 Å². The maximum absolute atomic E-state index is 5.13. The molecule has 0 amide bonds. The standard InChI is InChI=1S/C15H24N4OS/c1-3-16-15(18-11-13-7-5-9-21-13)17-10-12-6-4-8-14(19-12)20-2/h4,6,8,13H,3,5,7,9-11H2,1-2H3,(H2,16,17,18). The summed E-state index contributed by atoms with van der Waals surface area (Å²) in [6, 6.07) is 5.74. The van der Waals surface area contributed by atoms with Gasteiger partial charge >= 0.3 is 0 Å². The van der Waals surface area contributed by atoms with Crippen molar-refractivity contribution in [1.29, 1.82) is 0 Å². The first-order chi connectivity index (χ1) is 10.3. The molecule has 1 atom stereocenters. The van der Waals surface area contributed by atoms with Crippen LogP contribution in [-0.4, -0.2) is 42.1 Å². The molecule has 0 saturated carbocycles. The average Bonchev–Trinajstić information content (AvgIpc) is 3.03. The molecular formula is C15H24N4OS. The lowest BCUT2D eigenvalue weighted by Crippen LogP contribution is -2.40. The molecule has 1 aliphatic heterocycles. The minimum atomic E-state index is 0.546. The normalized spacial score (nSPS) is 18.6. The third-order valence-corrected chi connectivity index (χ3v) is 4.65. The number of rotatable bonds is 6. The minimum absolute atomic E-state index is 0.546. The first-order valence-corrected chi connectivity index (χ1v) is 8.50. The van der Waals surface area contributed by atoms with Gasteiger partial charge in [0.15, 0.2) is 5.96 Å². The highest BCUT2D eigenvalue weighted by Gasteiger charge is 2.15. The largest absolute Gasteiger partial charge is 0.481 e. The van der Waals surface area contributed by atoms with Crippen LogP contribution >= 0.6 is 11.8 Å². The van der Waals surface area contributed by atoms with Crippen molar-refractivity contribution < 1.29 is 4.74 Å². The monoisotopic (exact) mass is 308 g/mol. The Morgan fingerprint density at radius 3 is 3.10 bits per heavy atom. The molecule has 0 spiro atoms. The van der Waals surface area contributed by atoms with E-state index in [-0.39, 0.29) is 0 Å². The number of hydrogen-bond donors (Lipinski definition) is 2. The summed E-state index contributed by atoms with van der Waals surface area (Å²) in [7, 11) is 1.63. The number of nitrogens with one attached hydrogen (secondary N) is 2. The number of hydrogen-bond acceptors (Lipinski definition) is 4.